The molecule has 4 rings (SSSR count). The van der Waals surface area contributed by atoms with Gasteiger partial charge < -0.3 is 10.2 Å². The van der Waals surface area contributed by atoms with E-state index >= 15 is 0 Å². The summed E-state index contributed by atoms with van der Waals surface area (Å²) in [5.74, 6) is -3.45. The van der Waals surface area contributed by atoms with Gasteiger partial charge in [-0.2, -0.15) is 0 Å². The van der Waals surface area contributed by atoms with E-state index in [0.29, 0.717) is 20.9 Å². The third-order valence-corrected chi connectivity index (χ3v) is 7.91. The molecule has 2 aliphatic rings. The number of aliphatic carboxylic acids is 2. The Bertz CT molecular complexity index is 1400. The maximum absolute atomic E-state index is 13.0. The van der Waals surface area contributed by atoms with Crippen molar-refractivity contribution in [2.75, 3.05) is 0 Å². The van der Waals surface area contributed by atoms with Crippen molar-refractivity contribution in [2.45, 2.75) is 22.6 Å². The molecule has 10 heteroatoms. The molecular formula is C28H20N2O6S2. The SMILES string of the molecule is O=C(O)C1=CC=CCC1=NC(=O)c1ccccc1SSc1ccccc1C(=O)N=C1CC=CC=C1C(=O)O. The molecule has 0 radical (unpaired) electrons. The number of amides is 2. The highest BCUT2D eigenvalue weighted by atomic mass is 33.1. The van der Waals surface area contributed by atoms with Crippen LogP contribution in [0.25, 0.3) is 0 Å². The molecule has 2 aromatic carbocycles. The van der Waals surface area contributed by atoms with E-state index in [-0.39, 0.29) is 35.4 Å². The van der Waals surface area contributed by atoms with Gasteiger partial charge in [-0.3, -0.25) is 9.59 Å². The molecule has 0 atom stereocenters. The summed E-state index contributed by atoms with van der Waals surface area (Å²) in [6.45, 7) is 0. The molecular weight excluding hydrogens is 524 g/mol. The highest BCUT2D eigenvalue weighted by Gasteiger charge is 2.21. The molecule has 0 unspecified atom stereocenters. The van der Waals surface area contributed by atoms with Crippen LogP contribution in [0.4, 0.5) is 0 Å². The van der Waals surface area contributed by atoms with Crippen LogP contribution in [0.5, 0.6) is 0 Å². The minimum Gasteiger partial charge on any atom is -0.478 e. The largest absolute Gasteiger partial charge is 0.478 e. The van der Waals surface area contributed by atoms with Crippen molar-refractivity contribution in [3.05, 3.63) is 107 Å². The first-order valence-corrected chi connectivity index (χ1v) is 13.5. The van der Waals surface area contributed by atoms with Crippen molar-refractivity contribution in [1.29, 1.82) is 0 Å². The van der Waals surface area contributed by atoms with Crippen molar-refractivity contribution in [3.63, 3.8) is 0 Å². The maximum atomic E-state index is 13.0. The van der Waals surface area contributed by atoms with Crippen LogP contribution < -0.4 is 0 Å². The molecule has 0 bridgehead atoms. The summed E-state index contributed by atoms with van der Waals surface area (Å²) >= 11 is 0. The van der Waals surface area contributed by atoms with E-state index in [4.69, 9.17) is 0 Å². The second-order valence-corrected chi connectivity index (χ2v) is 10.1. The first kappa shape index (κ1) is 26.8. The van der Waals surface area contributed by atoms with Gasteiger partial charge in [-0.1, -0.05) is 70.2 Å². The molecule has 2 amide bonds. The van der Waals surface area contributed by atoms with Gasteiger partial charge in [0.15, 0.2) is 0 Å². The van der Waals surface area contributed by atoms with Crippen LogP contribution >= 0.6 is 21.6 Å². The quantitative estimate of drug-likeness (QED) is 0.431. The number of carboxylic acids is 2. The van der Waals surface area contributed by atoms with E-state index in [0.717, 1.165) is 0 Å². The Kier molecular flexibility index (Phi) is 8.67. The highest BCUT2D eigenvalue weighted by molar-refractivity contribution is 8.76. The number of benzene rings is 2. The van der Waals surface area contributed by atoms with Gasteiger partial charge >= 0.3 is 11.9 Å². The van der Waals surface area contributed by atoms with Gasteiger partial charge in [0.2, 0.25) is 0 Å². The lowest BCUT2D eigenvalue weighted by atomic mass is 10.0. The summed E-state index contributed by atoms with van der Waals surface area (Å²) in [5.41, 5.74) is 0.907. The molecule has 0 spiro atoms. The van der Waals surface area contributed by atoms with E-state index in [2.05, 4.69) is 9.98 Å². The zero-order valence-corrected chi connectivity index (χ0v) is 21.4. The lowest BCUT2D eigenvalue weighted by Crippen LogP contribution is -2.16. The standard InChI is InChI=1S/C28H20N2O6S2/c31-25(29-21-13-5-1-9-17(21)27(33)34)19-11-3-7-15-23(19)37-38-24-16-8-4-12-20(24)26(32)30-22-14-6-2-10-18(22)28(35)36/h1-12,15-16H,13-14H2,(H,33,34)(H,35,36). The molecule has 0 heterocycles. The summed E-state index contributed by atoms with van der Waals surface area (Å²) in [4.78, 5) is 58.3. The molecule has 0 fully saturated rings. The zero-order chi connectivity index (χ0) is 27.1. The van der Waals surface area contributed by atoms with Crippen molar-refractivity contribution in [3.8, 4) is 0 Å². The maximum Gasteiger partial charge on any atom is 0.337 e. The predicted molar refractivity (Wildman–Crippen MR) is 147 cm³/mol. The number of hydrogen-bond acceptors (Lipinski definition) is 6. The molecule has 0 saturated carbocycles. The summed E-state index contributed by atoms with van der Waals surface area (Å²) in [7, 11) is 2.49. The third kappa shape index (κ3) is 6.34. The Morgan fingerprint density at radius 1 is 0.632 bits per heavy atom. The van der Waals surface area contributed by atoms with Gasteiger partial charge in [-0.25, -0.2) is 19.6 Å². The van der Waals surface area contributed by atoms with Crippen LogP contribution in [0.3, 0.4) is 0 Å². The fourth-order valence-electron chi connectivity index (χ4n) is 3.59. The third-order valence-electron chi connectivity index (χ3n) is 5.43. The summed E-state index contributed by atoms with van der Waals surface area (Å²) in [6.07, 6.45) is 9.97. The van der Waals surface area contributed by atoms with Gasteiger partial charge in [0.05, 0.1) is 33.7 Å². The molecule has 2 aromatic rings. The van der Waals surface area contributed by atoms with Crippen molar-refractivity contribution in [2.24, 2.45) is 9.98 Å². The Hall–Kier alpha value is -4.28. The fourth-order valence-corrected chi connectivity index (χ4v) is 5.94. The van der Waals surface area contributed by atoms with Gasteiger partial charge in [-0.15, -0.1) is 0 Å². The Labute approximate surface area is 225 Å². The van der Waals surface area contributed by atoms with Gasteiger partial charge in [0.25, 0.3) is 11.8 Å². The molecule has 0 saturated heterocycles. The second kappa shape index (κ2) is 12.3. The Morgan fingerprint density at radius 3 is 1.42 bits per heavy atom. The van der Waals surface area contributed by atoms with Crippen molar-refractivity contribution < 1.29 is 29.4 Å². The minimum atomic E-state index is -1.15. The van der Waals surface area contributed by atoms with Gasteiger partial charge in [-0.05, 0) is 36.4 Å². The highest BCUT2D eigenvalue weighted by Crippen LogP contribution is 2.41. The average Bonchev–Trinajstić information content (AvgIpc) is 2.92. The zero-order valence-electron chi connectivity index (χ0n) is 19.7. The lowest BCUT2D eigenvalue weighted by Gasteiger charge is -2.11. The molecule has 0 aliphatic heterocycles. The molecule has 0 aromatic heterocycles. The number of rotatable bonds is 7. The first-order chi connectivity index (χ1) is 18.3. The normalized spacial score (nSPS) is 16.7. The number of carboxylic acid groups (broad SMARTS) is 2. The molecule has 190 valence electrons. The molecule has 8 nitrogen and oxygen atoms in total. The summed E-state index contributed by atoms with van der Waals surface area (Å²) in [6, 6.07) is 13.6. The Balaban J connectivity index is 1.55. The number of carbonyl (C=O) groups excluding carboxylic acids is 2. The molecule has 38 heavy (non-hydrogen) atoms. The molecule has 2 aliphatic carbocycles. The molecule has 2 N–H and O–H groups in total. The van der Waals surface area contributed by atoms with E-state index in [1.807, 2.05) is 0 Å². The number of allylic oxidation sites excluding steroid dienone is 6. The Morgan fingerprint density at radius 2 is 1.03 bits per heavy atom. The van der Waals surface area contributed by atoms with Crippen LogP contribution in [0.15, 0.2) is 116 Å². The minimum absolute atomic E-state index is 0.0243. The predicted octanol–water partition coefficient (Wildman–Crippen LogP) is 5.59. The van der Waals surface area contributed by atoms with Crippen LogP contribution in [0.2, 0.25) is 0 Å². The summed E-state index contributed by atoms with van der Waals surface area (Å²) in [5, 5.41) is 18.8. The van der Waals surface area contributed by atoms with Crippen LogP contribution in [0, 0.1) is 0 Å². The topological polar surface area (TPSA) is 133 Å². The van der Waals surface area contributed by atoms with Gasteiger partial charge in [0, 0.05) is 22.6 Å². The monoisotopic (exact) mass is 544 g/mol. The van der Waals surface area contributed by atoms with Crippen molar-refractivity contribution in [1.82, 2.24) is 0 Å². The van der Waals surface area contributed by atoms with E-state index < -0.39 is 23.8 Å². The average molecular weight is 545 g/mol. The van der Waals surface area contributed by atoms with Crippen LogP contribution in [0.1, 0.15) is 33.6 Å². The van der Waals surface area contributed by atoms with E-state index in [1.165, 1.54) is 33.7 Å². The van der Waals surface area contributed by atoms with Gasteiger partial charge in [0.1, 0.15) is 0 Å². The van der Waals surface area contributed by atoms with E-state index in [9.17, 15) is 29.4 Å². The second-order valence-electron chi connectivity index (χ2n) is 7.92. The smallest absolute Gasteiger partial charge is 0.337 e. The number of aliphatic imine (C=N–C) groups is 2. The fraction of sp³-hybridized carbons (Fsp3) is 0.0714. The van der Waals surface area contributed by atoms with E-state index in [1.54, 1.807) is 72.8 Å². The van der Waals surface area contributed by atoms with Crippen molar-refractivity contribution >= 4 is 56.8 Å². The lowest BCUT2D eigenvalue weighted by molar-refractivity contribution is -0.133. The first-order valence-electron chi connectivity index (χ1n) is 11.3. The number of hydrogen-bond donors (Lipinski definition) is 2. The number of carbonyl (C=O) groups is 4. The van der Waals surface area contributed by atoms with Crippen LogP contribution in [-0.2, 0) is 9.59 Å². The van der Waals surface area contributed by atoms with Crippen LogP contribution in [-0.4, -0.2) is 45.4 Å². The number of nitrogens with zero attached hydrogens (tertiary/aromatic N) is 2. The summed E-state index contributed by atoms with van der Waals surface area (Å²) < 4.78 is 0.